The predicted octanol–water partition coefficient (Wildman–Crippen LogP) is 7.73. The highest BCUT2D eigenvalue weighted by molar-refractivity contribution is 6.64. The molecule has 0 fully saturated rings. The molecule has 0 amide bonds. The molecule has 0 saturated carbocycles. The second kappa shape index (κ2) is 14.5. The minimum atomic E-state index is -0.664. The van der Waals surface area contributed by atoms with Crippen molar-refractivity contribution in [2.75, 3.05) is 0 Å². The Morgan fingerprint density at radius 3 is 1.97 bits per heavy atom. The van der Waals surface area contributed by atoms with E-state index in [0.29, 0.717) is 17.9 Å². The molecule has 1 rings (SSSR count). The maximum Gasteiger partial charge on any atom is 0.308 e. The van der Waals surface area contributed by atoms with Crippen molar-refractivity contribution >= 4 is 22.8 Å². The van der Waals surface area contributed by atoms with Crippen molar-refractivity contribution in [1.29, 1.82) is 0 Å². The molecule has 0 radical (unpaired) electrons. The maximum absolute atomic E-state index is 11.9. The Kier molecular flexibility index (Phi) is 12.9. The third-order valence-electron chi connectivity index (χ3n) is 5.36. The summed E-state index contributed by atoms with van der Waals surface area (Å²) in [5, 5.41) is -0.475. The molecule has 176 valence electrons. The van der Waals surface area contributed by atoms with Crippen LogP contribution in [-0.4, -0.2) is 17.3 Å². The molecule has 31 heavy (non-hydrogen) atoms. The first kappa shape index (κ1) is 27.5. The highest BCUT2D eigenvalue weighted by Gasteiger charge is 2.23. The van der Waals surface area contributed by atoms with Crippen LogP contribution < -0.4 is 9.47 Å². The molecule has 1 aromatic rings. The monoisotopic (exact) mass is 452 g/mol. The van der Waals surface area contributed by atoms with E-state index in [1.807, 2.05) is 26.8 Å². The van der Waals surface area contributed by atoms with Crippen molar-refractivity contribution in [3.8, 4) is 11.5 Å². The lowest BCUT2D eigenvalue weighted by atomic mass is 9.86. The van der Waals surface area contributed by atoms with E-state index in [2.05, 4.69) is 6.92 Å². The van der Waals surface area contributed by atoms with Gasteiger partial charge in [0.1, 0.15) is 11.5 Å². The number of carbonyl (C=O) groups is 2. The number of unbranched alkanes of at least 4 members (excludes halogenated alkanes) is 9. The van der Waals surface area contributed by atoms with Crippen LogP contribution in [0.1, 0.15) is 111 Å². The topological polar surface area (TPSA) is 52.6 Å². The van der Waals surface area contributed by atoms with Crippen molar-refractivity contribution in [3.63, 3.8) is 0 Å². The van der Waals surface area contributed by atoms with E-state index in [1.54, 1.807) is 12.1 Å². The fourth-order valence-corrected chi connectivity index (χ4v) is 3.77. The molecule has 1 atom stereocenters. The summed E-state index contributed by atoms with van der Waals surface area (Å²) in [6, 6.07) is 5.27. The van der Waals surface area contributed by atoms with Crippen LogP contribution in [0.2, 0.25) is 0 Å². The van der Waals surface area contributed by atoms with Crippen molar-refractivity contribution in [3.05, 3.63) is 23.8 Å². The average Bonchev–Trinajstić information content (AvgIpc) is 2.68. The van der Waals surface area contributed by atoms with E-state index < -0.39 is 11.3 Å². The van der Waals surface area contributed by atoms with E-state index in [0.717, 1.165) is 18.4 Å². The van der Waals surface area contributed by atoms with Gasteiger partial charge < -0.3 is 9.47 Å². The highest BCUT2D eigenvalue weighted by atomic mass is 35.5. The minimum absolute atomic E-state index is 0.249. The number of hydrogen-bond donors (Lipinski definition) is 0. The summed E-state index contributed by atoms with van der Waals surface area (Å²) < 4.78 is 11.3. The summed E-state index contributed by atoms with van der Waals surface area (Å²) in [6.07, 6.45) is 12.3. The molecule has 0 saturated heterocycles. The predicted molar refractivity (Wildman–Crippen MR) is 128 cm³/mol. The molecule has 0 heterocycles. The van der Waals surface area contributed by atoms with E-state index >= 15 is 0 Å². The molecule has 4 nitrogen and oxygen atoms in total. The number of benzene rings is 1. The zero-order valence-corrected chi connectivity index (χ0v) is 20.9. The lowest BCUT2D eigenvalue weighted by molar-refractivity contribution is -0.132. The quantitative estimate of drug-likeness (QED) is 0.118. The molecule has 0 unspecified atom stereocenters. The van der Waals surface area contributed by atoms with Crippen LogP contribution in [0.15, 0.2) is 18.2 Å². The van der Waals surface area contributed by atoms with E-state index in [9.17, 15) is 9.59 Å². The Morgan fingerprint density at radius 2 is 1.48 bits per heavy atom. The molecule has 0 N–H and O–H groups in total. The molecular weight excluding hydrogens is 412 g/mol. The van der Waals surface area contributed by atoms with Crippen molar-refractivity contribution < 1.29 is 19.1 Å². The average molecular weight is 453 g/mol. The number of ether oxygens (including phenoxy) is 2. The molecule has 1 aromatic carbocycles. The van der Waals surface area contributed by atoms with Gasteiger partial charge in [0.2, 0.25) is 0 Å². The van der Waals surface area contributed by atoms with Crippen molar-refractivity contribution in [1.82, 2.24) is 0 Å². The fraction of sp³-hybridized carbons (Fsp3) is 0.692. The summed E-state index contributed by atoms with van der Waals surface area (Å²) in [7, 11) is 0. The summed E-state index contributed by atoms with van der Waals surface area (Å²) in [6.45, 7) is 9.73. The molecular formula is C26H41ClO4. The van der Waals surface area contributed by atoms with Crippen molar-refractivity contribution in [2.24, 2.45) is 0 Å². The minimum Gasteiger partial charge on any atom is -0.481 e. The third kappa shape index (κ3) is 11.6. The van der Waals surface area contributed by atoms with Gasteiger partial charge >= 0.3 is 5.97 Å². The first-order valence-electron chi connectivity index (χ1n) is 11.8. The van der Waals surface area contributed by atoms with Gasteiger partial charge in [-0.3, -0.25) is 9.59 Å². The summed E-state index contributed by atoms with van der Waals surface area (Å²) in [4.78, 5) is 23.3. The maximum atomic E-state index is 11.9. The summed E-state index contributed by atoms with van der Waals surface area (Å²) in [5.41, 5.74) is 0.598. The normalized spacial score (nSPS) is 12.5. The van der Waals surface area contributed by atoms with Crippen LogP contribution in [-0.2, 0) is 15.0 Å². The Labute approximate surface area is 194 Å². The standard InChI is InChI=1S/C26H41ClO4/c1-6-7-8-9-10-11-12-13-14-15-16-24(25(27)29)31-21-17-18-23(30-20(2)28)22(19-21)26(3,4)5/h17-19,24H,6-16H2,1-5H3/t24-/m1/s1. The molecule has 0 aliphatic carbocycles. The number of rotatable bonds is 15. The zero-order valence-electron chi connectivity index (χ0n) is 20.1. The molecule has 0 aromatic heterocycles. The molecule has 0 aliphatic rings. The van der Waals surface area contributed by atoms with Crippen LogP contribution in [0.4, 0.5) is 0 Å². The SMILES string of the molecule is CCCCCCCCCCCC[C@@H](Oc1ccc(OC(C)=O)c(C(C)(C)C)c1)C(=O)Cl. The van der Waals surface area contributed by atoms with Gasteiger partial charge in [-0.25, -0.2) is 0 Å². The van der Waals surface area contributed by atoms with Gasteiger partial charge in [-0.2, -0.15) is 0 Å². The van der Waals surface area contributed by atoms with E-state index in [4.69, 9.17) is 21.1 Å². The van der Waals surface area contributed by atoms with Gasteiger partial charge in [-0.1, -0.05) is 85.5 Å². The van der Waals surface area contributed by atoms with E-state index in [-0.39, 0.29) is 11.4 Å². The smallest absolute Gasteiger partial charge is 0.308 e. The van der Waals surface area contributed by atoms with Crippen molar-refractivity contribution in [2.45, 2.75) is 117 Å². The van der Waals surface area contributed by atoms with Crippen LogP contribution >= 0.6 is 11.6 Å². The Morgan fingerprint density at radius 1 is 0.935 bits per heavy atom. The Balaban J connectivity index is 2.54. The number of esters is 1. The van der Waals surface area contributed by atoms with Gasteiger partial charge in [-0.15, -0.1) is 0 Å². The van der Waals surface area contributed by atoms with Crippen LogP contribution in [0.5, 0.6) is 11.5 Å². The summed E-state index contributed by atoms with van der Waals surface area (Å²) >= 11 is 5.81. The summed E-state index contributed by atoms with van der Waals surface area (Å²) in [5.74, 6) is 0.705. The zero-order chi connectivity index (χ0) is 23.3. The molecule has 5 heteroatoms. The molecule has 0 aliphatic heterocycles. The number of carbonyl (C=O) groups excluding carboxylic acids is 2. The van der Waals surface area contributed by atoms with Crippen LogP contribution in [0.3, 0.4) is 0 Å². The van der Waals surface area contributed by atoms with Gasteiger partial charge in [-0.05, 0) is 48.1 Å². The Bertz CT molecular complexity index is 678. The number of hydrogen-bond acceptors (Lipinski definition) is 4. The van der Waals surface area contributed by atoms with Gasteiger partial charge in [0.25, 0.3) is 5.24 Å². The molecule has 0 spiro atoms. The highest BCUT2D eigenvalue weighted by Crippen LogP contribution is 2.35. The van der Waals surface area contributed by atoms with Crippen LogP contribution in [0, 0.1) is 0 Å². The second-order valence-electron chi connectivity index (χ2n) is 9.38. The van der Waals surface area contributed by atoms with Crippen LogP contribution in [0.25, 0.3) is 0 Å². The first-order chi connectivity index (χ1) is 14.6. The first-order valence-corrected chi connectivity index (χ1v) is 12.2. The third-order valence-corrected chi connectivity index (χ3v) is 5.61. The van der Waals surface area contributed by atoms with Gasteiger partial charge in [0.15, 0.2) is 6.10 Å². The van der Waals surface area contributed by atoms with Gasteiger partial charge in [0.05, 0.1) is 0 Å². The number of halogens is 1. The van der Waals surface area contributed by atoms with Gasteiger partial charge in [0, 0.05) is 12.5 Å². The largest absolute Gasteiger partial charge is 0.481 e. The lowest BCUT2D eigenvalue weighted by Crippen LogP contribution is -2.24. The Hall–Kier alpha value is -1.55. The van der Waals surface area contributed by atoms with E-state index in [1.165, 1.54) is 58.3 Å². The lowest BCUT2D eigenvalue weighted by Gasteiger charge is -2.24. The molecule has 0 bridgehead atoms. The second-order valence-corrected chi connectivity index (χ2v) is 9.76. The fourth-order valence-electron chi connectivity index (χ4n) is 3.61.